The number of rotatable bonds is 5. The molecule has 2 N–H and O–H groups in total. The van der Waals surface area contributed by atoms with Crippen molar-refractivity contribution in [2.45, 2.75) is 51.5 Å². The molecule has 9 heteroatoms. The lowest BCUT2D eigenvalue weighted by atomic mass is 9.84. The first-order valence-electron chi connectivity index (χ1n) is 10.1. The molecule has 2 heterocycles. The molecule has 158 valence electrons. The van der Waals surface area contributed by atoms with Crippen molar-refractivity contribution in [3.05, 3.63) is 55.9 Å². The topological polar surface area (TPSA) is 96.8 Å². The van der Waals surface area contributed by atoms with E-state index in [-0.39, 0.29) is 16.8 Å². The summed E-state index contributed by atoms with van der Waals surface area (Å²) in [6.07, 6.45) is 7.22. The van der Waals surface area contributed by atoms with Gasteiger partial charge in [0.25, 0.3) is 5.56 Å². The molecule has 0 spiro atoms. The maximum Gasteiger partial charge on any atom is 0.329 e. The SMILES string of the molecule is Cc1cnc(NC(=O)C(CC2CCCCC2)n2c(=O)[nH]c3ccc(F)cc3c2=O)s1. The Balaban J connectivity index is 1.77. The summed E-state index contributed by atoms with van der Waals surface area (Å²) >= 11 is 1.32. The summed E-state index contributed by atoms with van der Waals surface area (Å²) in [5, 5.41) is 3.21. The number of fused-ring (bicyclic) bond motifs is 1. The molecule has 3 aromatic rings. The zero-order chi connectivity index (χ0) is 21.3. The highest BCUT2D eigenvalue weighted by Gasteiger charge is 2.29. The maximum atomic E-state index is 13.7. The Kier molecular flexibility index (Phi) is 5.80. The lowest BCUT2D eigenvalue weighted by molar-refractivity contribution is -0.120. The van der Waals surface area contributed by atoms with Crippen LogP contribution in [0.3, 0.4) is 0 Å². The molecule has 1 saturated carbocycles. The molecule has 1 aliphatic carbocycles. The fraction of sp³-hybridized carbons (Fsp3) is 0.429. The fourth-order valence-electron chi connectivity index (χ4n) is 4.15. The third-order valence-electron chi connectivity index (χ3n) is 5.64. The second-order valence-electron chi connectivity index (χ2n) is 7.82. The van der Waals surface area contributed by atoms with E-state index < -0.39 is 29.0 Å². The second kappa shape index (κ2) is 8.51. The molecule has 0 bridgehead atoms. The van der Waals surface area contributed by atoms with Gasteiger partial charge in [0.15, 0.2) is 5.13 Å². The first kappa shape index (κ1) is 20.5. The Hall–Kier alpha value is -2.81. The van der Waals surface area contributed by atoms with Gasteiger partial charge >= 0.3 is 5.69 Å². The highest BCUT2D eigenvalue weighted by molar-refractivity contribution is 7.15. The molecule has 0 radical (unpaired) electrons. The lowest BCUT2D eigenvalue weighted by Crippen LogP contribution is -2.43. The van der Waals surface area contributed by atoms with Crippen LogP contribution >= 0.6 is 11.3 Å². The van der Waals surface area contributed by atoms with Crippen molar-refractivity contribution >= 4 is 33.3 Å². The minimum atomic E-state index is -0.999. The van der Waals surface area contributed by atoms with Gasteiger partial charge in [-0.25, -0.2) is 18.7 Å². The van der Waals surface area contributed by atoms with E-state index in [9.17, 15) is 18.8 Å². The number of nitrogens with zero attached hydrogens (tertiary/aromatic N) is 2. The Morgan fingerprint density at radius 3 is 2.80 bits per heavy atom. The largest absolute Gasteiger partial charge is 0.329 e. The number of carbonyl (C=O) groups is 1. The molecule has 1 unspecified atom stereocenters. The quantitative estimate of drug-likeness (QED) is 0.644. The van der Waals surface area contributed by atoms with Crippen LogP contribution in [0.2, 0.25) is 0 Å². The third kappa shape index (κ3) is 4.21. The number of thiazole rings is 1. The van der Waals surface area contributed by atoms with Crippen molar-refractivity contribution in [3.8, 4) is 0 Å². The second-order valence-corrected chi connectivity index (χ2v) is 9.05. The van der Waals surface area contributed by atoms with Crippen LogP contribution in [0, 0.1) is 18.7 Å². The zero-order valence-corrected chi connectivity index (χ0v) is 17.4. The zero-order valence-electron chi connectivity index (χ0n) is 16.6. The van der Waals surface area contributed by atoms with E-state index in [1.807, 2.05) is 6.92 Å². The van der Waals surface area contributed by atoms with Crippen molar-refractivity contribution in [2.24, 2.45) is 5.92 Å². The van der Waals surface area contributed by atoms with Gasteiger partial charge in [-0.1, -0.05) is 32.1 Å². The lowest BCUT2D eigenvalue weighted by Gasteiger charge is -2.26. The molecule has 1 aliphatic rings. The number of anilines is 1. The molecule has 1 aromatic carbocycles. The van der Waals surface area contributed by atoms with E-state index in [1.54, 1.807) is 6.20 Å². The molecular formula is C21H23FN4O3S. The van der Waals surface area contributed by atoms with Crippen molar-refractivity contribution < 1.29 is 9.18 Å². The smallest absolute Gasteiger partial charge is 0.307 e. The highest BCUT2D eigenvalue weighted by atomic mass is 32.1. The number of benzene rings is 1. The maximum absolute atomic E-state index is 13.7. The summed E-state index contributed by atoms with van der Waals surface area (Å²) in [7, 11) is 0. The number of amides is 1. The average Bonchev–Trinajstić information content (AvgIpc) is 3.13. The number of aromatic nitrogens is 3. The monoisotopic (exact) mass is 430 g/mol. The van der Waals surface area contributed by atoms with Crippen molar-refractivity contribution in [1.29, 1.82) is 0 Å². The molecule has 0 aliphatic heterocycles. The Morgan fingerprint density at radius 2 is 2.10 bits per heavy atom. The van der Waals surface area contributed by atoms with E-state index in [1.165, 1.54) is 23.5 Å². The van der Waals surface area contributed by atoms with Gasteiger partial charge in [0.2, 0.25) is 5.91 Å². The van der Waals surface area contributed by atoms with Crippen LogP contribution < -0.4 is 16.6 Å². The van der Waals surface area contributed by atoms with Crippen molar-refractivity contribution in [3.63, 3.8) is 0 Å². The minimum Gasteiger partial charge on any atom is -0.307 e. The third-order valence-corrected chi connectivity index (χ3v) is 6.47. The molecule has 0 saturated heterocycles. The number of hydrogen-bond donors (Lipinski definition) is 2. The van der Waals surface area contributed by atoms with E-state index in [2.05, 4.69) is 15.3 Å². The van der Waals surface area contributed by atoms with Gasteiger partial charge in [0, 0.05) is 11.1 Å². The van der Waals surface area contributed by atoms with E-state index >= 15 is 0 Å². The number of aromatic amines is 1. The van der Waals surface area contributed by atoms with Gasteiger partial charge in [-0.2, -0.15) is 0 Å². The predicted molar refractivity (Wildman–Crippen MR) is 114 cm³/mol. The summed E-state index contributed by atoms with van der Waals surface area (Å²) in [5.74, 6) is -0.801. The molecule has 1 amide bonds. The summed E-state index contributed by atoms with van der Waals surface area (Å²) in [5.41, 5.74) is -1.10. The Labute approximate surface area is 176 Å². The number of nitrogens with one attached hydrogen (secondary N) is 2. The van der Waals surface area contributed by atoms with Gasteiger partial charge in [-0.15, -0.1) is 11.3 Å². The van der Waals surface area contributed by atoms with Crippen LogP contribution in [0.15, 0.2) is 34.0 Å². The molecule has 2 aromatic heterocycles. The van der Waals surface area contributed by atoms with E-state index in [4.69, 9.17) is 0 Å². The van der Waals surface area contributed by atoms with Gasteiger partial charge in [0.05, 0.1) is 10.9 Å². The normalized spacial score (nSPS) is 15.9. The molecule has 1 atom stereocenters. The van der Waals surface area contributed by atoms with Gasteiger partial charge in [-0.05, 0) is 37.5 Å². The average molecular weight is 431 g/mol. The van der Waals surface area contributed by atoms with Crippen molar-refractivity contribution in [2.75, 3.05) is 5.32 Å². The summed E-state index contributed by atoms with van der Waals surface area (Å²) in [6, 6.07) is 2.62. The van der Waals surface area contributed by atoms with Gasteiger partial charge < -0.3 is 10.3 Å². The van der Waals surface area contributed by atoms with Gasteiger partial charge in [0.1, 0.15) is 11.9 Å². The van der Waals surface area contributed by atoms with Crippen LogP contribution in [0.5, 0.6) is 0 Å². The van der Waals surface area contributed by atoms with Gasteiger partial charge in [-0.3, -0.25) is 9.59 Å². The highest BCUT2D eigenvalue weighted by Crippen LogP contribution is 2.31. The number of carbonyl (C=O) groups excluding carboxylic acids is 1. The molecular weight excluding hydrogens is 407 g/mol. The van der Waals surface area contributed by atoms with Crippen LogP contribution in [0.1, 0.15) is 49.4 Å². The first-order valence-corrected chi connectivity index (χ1v) is 10.9. The number of H-pyrrole nitrogens is 1. The van der Waals surface area contributed by atoms with Crippen LogP contribution in [-0.2, 0) is 4.79 Å². The number of hydrogen-bond acceptors (Lipinski definition) is 5. The first-order chi connectivity index (χ1) is 14.4. The summed E-state index contributed by atoms with van der Waals surface area (Å²) in [4.78, 5) is 46.8. The van der Waals surface area contributed by atoms with E-state index in [0.717, 1.165) is 47.6 Å². The predicted octanol–water partition coefficient (Wildman–Crippen LogP) is 3.74. The molecule has 1 fully saturated rings. The fourth-order valence-corrected chi connectivity index (χ4v) is 4.82. The molecule has 30 heavy (non-hydrogen) atoms. The van der Waals surface area contributed by atoms with Crippen LogP contribution in [0.25, 0.3) is 10.9 Å². The number of halogens is 1. The summed E-state index contributed by atoms with van der Waals surface area (Å²) < 4.78 is 14.7. The van der Waals surface area contributed by atoms with Crippen LogP contribution in [0.4, 0.5) is 9.52 Å². The molecule has 4 rings (SSSR count). The Morgan fingerprint density at radius 1 is 1.33 bits per heavy atom. The van der Waals surface area contributed by atoms with Crippen LogP contribution in [-0.4, -0.2) is 20.4 Å². The number of aryl methyl sites for hydroxylation is 1. The summed E-state index contributed by atoms with van der Waals surface area (Å²) in [6.45, 7) is 1.87. The standard InChI is InChI=1S/C21H23FN4O3S/c1-12-11-23-20(30-12)25-18(27)17(9-13-5-3-2-4-6-13)26-19(28)15-10-14(22)7-8-16(15)24-21(26)29/h7-8,10-11,13,17H,2-6,9H2,1H3,(H,24,29)(H,23,25,27). The Bertz CT molecular complexity index is 1190. The minimum absolute atomic E-state index is 0.0427. The molecule has 7 nitrogen and oxygen atoms in total. The van der Waals surface area contributed by atoms with Crippen molar-refractivity contribution in [1.82, 2.24) is 14.5 Å². The van der Waals surface area contributed by atoms with E-state index in [0.29, 0.717) is 11.6 Å².